The van der Waals surface area contributed by atoms with Crippen LogP contribution in [0.4, 0.5) is 0 Å². The maximum atomic E-state index is 12.1. The first-order valence-electron chi connectivity index (χ1n) is 7.25. The molecule has 0 spiro atoms. The first-order valence-corrected chi connectivity index (χ1v) is 10.2. The van der Waals surface area contributed by atoms with Gasteiger partial charge < -0.3 is 14.5 Å². The number of hydrogen-bond acceptors (Lipinski definition) is 4. The molecule has 0 aromatic rings. The number of carbonyl (C=O) groups excluding carboxylic acids is 2. The number of carbonyl (C=O) groups is 2. The van der Waals surface area contributed by atoms with Gasteiger partial charge in [0, 0.05) is 5.41 Å². The van der Waals surface area contributed by atoms with Crippen LogP contribution < -0.4 is 5.32 Å². The highest BCUT2D eigenvalue weighted by atomic mass is 28.4. The molecule has 124 valence electrons. The van der Waals surface area contributed by atoms with Crippen molar-refractivity contribution in [2.24, 2.45) is 5.41 Å². The molecule has 0 aliphatic heterocycles. The van der Waals surface area contributed by atoms with Crippen LogP contribution in [-0.2, 0) is 18.8 Å². The van der Waals surface area contributed by atoms with Gasteiger partial charge in [-0.05, 0) is 18.1 Å². The second-order valence-corrected chi connectivity index (χ2v) is 12.7. The molecule has 0 aromatic carbocycles. The lowest BCUT2D eigenvalue weighted by Crippen LogP contribution is -2.51. The topological polar surface area (TPSA) is 64.6 Å². The molecule has 0 radical (unpaired) electrons. The van der Waals surface area contributed by atoms with Gasteiger partial charge in [0.05, 0.1) is 13.7 Å². The van der Waals surface area contributed by atoms with Gasteiger partial charge in [-0.2, -0.15) is 0 Å². The van der Waals surface area contributed by atoms with Crippen LogP contribution in [0.1, 0.15) is 41.5 Å². The van der Waals surface area contributed by atoms with Gasteiger partial charge in [0.25, 0.3) is 0 Å². The van der Waals surface area contributed by atoms with Crippen molar-refractivity contribution in [3.8, 4) is 0 Å². The van der Waals surface area contributed by atoms with E-state index in [1.165, 1.54) is 7.11 Å². The molecule has 0 rings (SSSR count). The second kappa shape index (κ2) is 6.92. The molecule has 1 amide bonds. The van der Waals surface area contributed by atoms with Gasteiger partial charge in [-0.25, -0.2) is 4.79 Å². The van der Waals surface area contributed by atoms with Crippen molar-refractivity contribution in [3.05, 3.63) is 0 Å². The molecule has 6 heteroatoms. The van der Waals surface area contributed by atoms with Crippen molar-refractivity contribution < 1.29 is 18.8 Å². The van der Waals surface area contributed by atoms with Crippen molar-refractivity contribution >= 4 is 20.2 Å². The molecule has 0 bridgehead atoms. The van der Waals surface area contributed by atoms with Crippen LogP contribution in [0.2, 0.25) is 18.1 Å². The predicted molar refractivity (Wildman–Crippen MR) is 86.6 cm³/mol. The monoisotopic (exact) mass is 317 g/mol. The molecular formula is C15H31NO4Si. The maximum absolute atomic E-state index is 12.1. The van der Waals surface area contributed by atoms with Gasteiger partial charge >= 0.3 is 5.97 Å². The van der Waals surface area contributed by atoms with E-state index in [4.69, 9.17) is 9.16 Å². The highest BCUT2D eigenvalue weighted by Gasteiger charge is 2.39. The van der Waals surface area contributed by atoms with Crippen LogP contribution >= 0.6 is 0 Å². The summed E-state index contributed by atoms with van der Waals surface area (Å²) in [6.45, 7) is 16.1. The number of ether oxygens (including phenoxy) is 1. The average Bonchev–Trinajstić information content (AvgIpc) is 2.30. The minimum atomic E-state index is -1.98. The normalized spacial score (nSPS) is 14.5. The fourth-order valence-corrected chi connectivity index (χ4v) is 2.21. The zero-order valence-electron chi connectivity index (χ0n) is 14.9. The van der Waals surface area contributed by atoms with Crippen LogP contribution in [0.25, 0.3) is 0 Å². The Bertz CT molecular complexity index is 380. The van der Waals surface area contributed by atoms with Crippen molar-refractivity contribution in [1.29, 1.82) is 0 Å². The molecule has 0 aromatic heterocycles. The lowest BCUT2D eigenvalue weighted by molar-refractivity contribution is -0.147. The zero-order valence-corrected chi connectivity index (χ0v) is 15.9. The van der Waals surface area contributed by atoms with Gasteiger partial charge in [-0.15, -0.1) is 0 Å². The van der Waals surface area contributed by atoms with Crippen molar-refractivity contribution in [1.82, 2.24) is 5.32 Å². The van der Waals surface area contributed by atoms with E-state index in [0.717, 1.165) is 0 Å². The standard InChI is InChI=1S/C15H31NO4Si/c1-14(2,3)13(18)16-11(12(17)19-7)10-20-21(8,9)15(4,5)6/h11H,10H2,1-9H3,(H,16,18)/t11-/m0/s1. The Labute approximate surface area is 129 Å². The van der Waals surface area contributed by atoms with Crippen molar-refractivity contribution in [2.45, 2.75) is 65.7 Å². The maximum Gasteiger partial charge on any atom is 0.330 e. The van der Waals surface area contributed by atoms with E-state index in [-0.39, 0.29) is 17.6 Å². The molecule has 0 heterocycles. The fourth-order valence-electron chi connectivity index (χ4n) is 1.19. The summed E-state index contributed by atoms with van der Waals surface area (Å²) in [5.41, 5.74) is -0.566. The Kier molecular flexibility index (Phi) is 6.63. The molecule has 1 atom stereocenters. The molecule has 0 unspecified atom stereocenters. The van der Waals surface area contributed by atoms with E-state index in [0.29, 0.717) is 0 Å². The van der Waals surface area contributed by atoms with Crippen LogP contribution in [0.5, 0.6) is 0 Å². The quantitative estimate of drug-likeness (QED) is 0.625. The first-order chi connectivity index (χ1) is 9.22. The molecule has 21 heavy (non-hydrogen) atoms. The van der Waals surface area contributed by atoms with E-state index in [2.05, 4.69) is 39.2 Å². The summed E-state index contributed by atoms with van der Waals surface area (Å²) >= 11 is 0. The van der Waals surface area contributed by atoms with Crippen LogP contribution in [0.3, 0.4) is 0 Å². The number of hydrogen-bond donors (Lipinski definition) is 1. The third-order valence-corrected chi connectivity index (χ3v) is 8.39. The van der Waals surface area contributed by atoms with Gasteiger partial charge in [-0.3, -0.25) is 4.79 Å². The average molecular weight is 318 g/mol. The SMILES string of the molecule is COC(=O)[C@H](CO[Si](C)(C)C(C)(C)C)NC(=O)C(C)(C)C. The molecule has 0 aliphatic carbocycles. The highest BCUT2D eigenvalue weighted by molar-refractivity contribution is 6.74. The summed E-state index contributed by atoms with van der Waals surface area (Å²) in [6.07, 6.45) is 0. The molecule has 1 N–H and O–H groups in total. The van der Waals surface area contributed by atoms with E-state index in [9.17, 15) is 9.59 Å². The molecule has 0 aliphatic rings. The molecule has 0 saturated heterocycles. The van der Waals surface area contributed by atoms with E-state index in [1.54, 1.807) is 20.8 Å². The third-order valence-electron chi connectivity index (χ3n) is 3.89. The van der Waals surface area contributed by atoms with Gasteiger partial charge in [0.2, 0.25) is 5.91 Å². The second-order valence-electron chi connectivity index (χ2n) is 7.87. The van der Waals surface area contributed by atoms with E-state index < -0.39 is 25.7 Å². The summed E-state index contributed by atoms with van der Waals surface area (Å²) in [6, 6.07) is -0.768. The molecular weight excluding hydrogens is 286 g/mol. The van der Waals surface area contributed by atoms with Crippen LogP contribution in [0.15, 0.2) is 0 Å². The van der Waals surface area contributed by atoms with Crippen molar-refractivity contribution in [2.75, 3.05) is 13.7 Å². The lowest BCUT2D eigenvalue weighted by atomic mass is 9.95. The molecule has 0 fully saturated rings. The lowest BCUT2D eigenvalue weighted by Gasteiger charge is -2.37. The fraction of sp³-hybridized carbons (Fsp3) is 0.867. The van der Waals surface area contributed by atoms with Gasteiger partial charge in [0.1, 0.15) is 6.04 Å². The summed E-state index contributed by atoms with van der Waals surface area (Å²) < 4.78 is 10.8. The van der Waals surface area contributed by atoms with E-state index in [1.807, 2.05) is 0 Å². The zero-order chi connectivity index (χ0) is 17.1. The Hall–Kier alpha value is -0.883. The minimum absolute atomic E-state index is 0.0434. The van der Waals surface area contributed by atoms with E-state index >= 15 is 0 Å². The first kappa shape index (κ1) is 20.1. The number of esters is 1. The number of amides is 1. The largest absolute Gasteiger partial charge is 0.467 e. The highest BCUT2D eigenvalue weighted by Crippen LogP contribution is 2.36. The number of rotatable bonds is 5. The van der Waals surface area contributed by atoms with Crippen molar-refractivity contribution in [3.63, 3.8) is 0 Å². The number of nitrogens with one attached hydrogen (secondary N) is 1. The summed E-state index contributed by atoms with van der Waals surface area (Å²) in [4.78, 5) is 23.9. The molecule has 5 nitrogen and oxygen atoms in total. The van der Waals surface area contributed by atoms with Crippen LogP contribution in [0, 0.1) is 5.41 Å². The Balaban J connectivity index is 4.90. The van der Waals surface area contributed by atoms with Gasteiger partial charge in [0.15, 0.2) is 8.32 Å². The summed E-state index contributed by atoms with van der Waals surface area (Å²) in [5.74, 6) is -0.678. The molecule has 0 saturated carbocycles. The Morgan fingerprint density at radius 2 is 1.57 bits per heavy atom. The summed E-state index contributed by atoms with van der Waals surface area (Å²) in [7, 11) is -0.672. The summed E-state index contributed by atoms with van der Waals surface area (Å²) in [5, 5.41) is 2.76. The number of methoxy groups -OCH3 is 1. The van der Waals surface area contributed by atoms with Crippen LogP contribution in [-0.4, -0.2) is 40.0 Å². The Morgan fingerprint density at radius 3 is 1.90 bits per heavy atom. The van der Waals surface area contributed by atoms with Gasteiger partial charge in [-0.1, -0.05) is 41.5 Å². The minimum Gasteiger partial charge on any atom is -0.467 e. The Morgan fingerprint density at radius 1 is 1.10 bits per heavy atom. The third kappa shape index (κ3) is 6.18. The predicted octanol–water partition coefficient (Wildman–Crippen LogP) is 2.71. The smallest absolute Gasteiger partial charge is 0.330 e.